The first-order valence-electron chi connectivity index (χ1n) is 6.47. The lowest BCUT2D eigenvalue weighted by Gasteiger charge is -2.20. The maximum atomic E-state index is 11.8. The lowest BCUT2D eigenvalue weighted by Crippen LogP contribution is -2.33. The third kappa shape index (κ3) is 5.27. The highest BCUT2D eigenvalue weighted by Crippen LogP contribution is 2.04. The molecule has 1 aromatic heterocycles. The highest BCUT2D eigenvalue weighted by atomic mass is 16.2. The molecule has 0 saturated carbocycles. The number of hydrogen-bond donors (Lipinski definition) is 1. The van der Waals surface area contributed by atoms with Crippen LogP contribution in [-0.4, -0.2) is 35.9 Å². The minimum absolute atomic E-state index is 0.186. The molecule has 1 atom stereocenters. The summed E-state index contributed by atoms with van der Waals surface area (Å²) < 4.78 is 0. The van der Waals surface area contributed by atoms with E-state index < -0.39 is 0 Å². The molecule has 0 aliphatic rings. The van der Waals surface area contributed by atoms with Gasteiger partial charge in [0.25, 0.3) is 0 Å². The van der Waals surface area contributed by atoms with Crippen molar-refractivity contribution in [2.24, 2.45) is 11.7 Å². The molecule has 0 bridgehead atoms. The predicted octanol–water partition coefficient (Wildman–Crippen LogP) is 1.46. The summed E-state index contributed by atoms with van der Waals surface area (Å²) in [4.78, 5) is 17.9. The normalized spacial score (nSPS) is 12.2. The van der Waals surface area contributed by atoms with Gasteiger partial charge in [-0.2, -0.15) is 0 Å². The summed E-state index contributed by atoms with van der Waals surface area (Å²) in [5, 5.41) is 0. The smallest absolute Gasteiger partial charge is 0.222 e. The van der Waals surface area contributed by atoms with Crippen LogP contribution in [0.4, 0.5) is 0 Å². The van der Waals surface area contributed by atoms with Crippen molar-refractivity contribution < 1.29 is 4.79 Å². The molecule has 1 amide bonds. The third-order valence-corrected chi connectivity index (χ3v) is 2.96. The molecule has 0 aliphatic carbocycles. The van der Waals surface area contributed by atoms with Crippen LogP contribution in [0.1, 0.15) is 25.5 Å². The van der Waals surface area contributed by atoms with Crippen LogP contribution < -0.4 is 5.73 Å². The molecule has 0 spiro atoms. The predicted molar refractivity (Wildman–Crippen MR) is 73.0 cm³/mol. The van der Waals surface area contributed by atoms with Gasteiger partial charge >= 0.3 is 0 Å². The van der Waals surface area contributed by atoms with Crippen molar-refractivity contribution in [3.05, 3.63) is 30.1 Å². The van der Waals surface area contributed by atoms with Crippen molar-refractivity contribution in [3.63, 3.8) is 0 Å². The van der Waals surface area contributed by atoms with Crippen molar-refractivity contribution in [3.8, 4) is 0 Å². The molecule has 1 aromatic rings. The number of nitrogens with zero attached hydrogens (tertiary/aromatic N) is 2. The van der Waals surface area contributed by atoms with E-state index in [2.05, 4.69) is 11.9 Å². The van der Waals surface area contributed by atoms with Crippen LogP contribution in [0.25, 0.3) is 0 Å². The zero-order valence-electron chi connectivity index (χ0n) is 11.3. The molecule has 100 valence electrons. The number of nitrogens with two attached hydrogens (primary N) is 1. The standard InChI is InChI=1S/C14H23N3O/c1-12(10-15)11-17(2)14(18)8-5-7-13-6-3-4-9-16-13/h3-4,6,9,12H,5,7-8,10-11,15H2,1-2H3. The molecule has 1 heterocycles. The maximum absolute atomic E-state index is 11.8. The molecule has 1 unspecified atom stereocenters. The number of aromatic nitrogens is 1. The second-order valence-electron chi connectivity index (χ2n) is 4.79. The number of aryl methyl sites for hydroxylation is 1. The molecule has 0 fully saturated rings. The summed E-state index contributed by atoms with van der Waals surface area (Å²) in [7, 11) is 1.84. The number of rotatable bonds is 7. The van der Waals surface area contributed by atoms with Gasteiger partial charge in [0.05, 0.1) is 0 Å². The first-order chi connectivity index (χ1) is 8.63. The van der Waals surface area contributed by atoms with Crippen molar-refractivity contribution in [1.82, 2.24) is 9.88 Å². The van der Waals surface area contributed by atoms with Gasteiger partial charge in [-0.05, 0) is 37.4 Å². The average Bonchev–Trinajstić information content (AvgIpc) is 2.39. The third-order valence-electron chi connectivity index (χ3n) is 2.96. The molecule has 0 aliphatic heterocycles. The quantitative estimate of drug-likeness (QED) is 0.796. The van der Waals surface area contributed by atoms with Crippen molar-refractivity contribution >= 4 is 5.91 Å². The Morgan fingerprint density at radius 1 is 1.50 bits per heavy atom. The van der Waals surface area contributed by atoms with E-state index in [0.717, 1.165) is 25.1 Å². The van der Waals surface area contributed by atoms with Crippen LogP contribution in [0, 0.1) is 5.92 Å². The molecule has 0 radical (unpaired) electrons. The van der Waals surface area contributed by atoms with Crippen LogP contribution in [-0.2, 0) is 11.2 Å². The van der Waals surface area contributed by atoms with Crippen LogP contribution >= 0.6 is 0 Å². The maximum Gasteiger partial charge on any atom is 0.222 e. The summed E-state index contributed by atoms with van der Waals surface area (Å²) in [5.74, 6) is 0.543. The van der Waals surface area contributed by atoms with E-state index in [1.807, 2.05) is 25.2 Å². The van der Waals surface area contributed by atoms with Crippen LogP contribution in [0.2, 0.25) is 0 Å². The Kier molecular flexibility index (Phi) is 6.36. The largest absolute Gasteiger partial charge is 0.345 e. The van der Waals surface area contributed by atoms with Gasteiger partial charge in [-0.25, -0.2) is 0 Å². The molecular formula is C14H23N3O. The van der Waals surface area contributed by atoms with Crippen LogP contribution in [0.3, 0.4) is 0 Å². The topological polar surface area (TPSA) is 59.2 Å². The Morgan fingerprint density at radius 2 is 2.28 bits per heavy atom. The molecule has 4 heteroatoms. The van der Waals surface area contributed by atoms with Crippen molar-refractivity contribution in [1.29, 1.82) is 0 Å². The average molecular weight is 249 g/mol. The van der Waals surface area contributed by atoms with E-state index in [9.17, 15) is 4.79 Å². The second-order valence-corrected chi connectivity index (χ2v) is 4.79. The summed E-state index contributed by atoms with van der Waals surface area (Å²) in [6, 6.07) is 5.86. The zero-order valence-corrected chi connectivity index (χ0v) is 11.3. The van der Waals surface area contributed by atoms with Crippen molar-refractivity contribution in [2.75, 3.05) is 20.1 Å². The minimum Gasteiger partial charge on any atom is -0.345 e. The van der Waals surface area contributed by atoms with E-state index in [-0.39, 0.29) is 5.91 Å². The van der Waals surface area contributed by atoms with Gasteiger partial charge in [0, 0.05) is 31.9 Å². The van der Waals surface area contributed by atoms with Crippen molar-refractivity contribution in [2.45, 2.75) is 26.2 Å². The van der Waals surface area contributed by atoms with Gasteiger partial charge in [-0.3, -0.25) is 9.78 Å². The van der Waals surface area contributed by atoms with E-state index in [4.69, 9.17) is 5.73 Å². The van der Waals surface area contributed by atoms with Gasteiger partial charge in [0.15, 0.2) is 0 Å². The Hall–Kier alpha value is -1.42. The first-order valence-corrected chi connectivity index (χ1v) is 6.47. The number of pyridine rings is 1. The number of amides is 1. The molecule has 18 heavy (non-hydrogen) atoms. The summed E-state index contributed by atoms with van der Waals surface area (Å²) in [5.41, 5.74) is 6.60. The Morgan fingerprint density at radius 3 is 2.89 bits per heavy atom. The Labute approximate surface area is 109 Å². The summed E-state index contributed by atoms with van der Waals surface area (Å²) in [6.07, 6.45) is 4.06. The van der Waals surface area contributed by atoms with Gasteiger partial charge in [0.2, 0.25) is 5.91 Å². The SMILES string of the molecule is CC(CN)CN(C)C(=O)CCCc1ccccn1. The molecule has 1 rings (SSSR count). The fraction of sp³-hybridized carbons (Fsp3) is 0.571. The van der Waals surface area contributed by atoms with Crippen LogP contribution in [0.5, 0.6) is 0 Å². The van der Waals surface area contributed by atoms with Gasteiger partial charge in [-0.15, -0.1) is 0 Å². The molecular weight excluding hydrogens is 226 g/mol. The zero-order chi connectivity index (χ0) is 13.4. The fourth-order valence-electron chi connectivity index (χ4n) is 1.80. The molecule has 0 aromatic carbocycles. The highest BCUT2D eigenvalue weighted by Gasteiger charge is 2.11. The summed E-state index contributed by atoms with van der Waals surface area (Å²) in [6.45, 7) is 3.40. The monoisotopic (exact) mass is 249 g/mol. The first kappa shape index (κ1) is 14.6. The second kappa shape index (κ2) is 7.82. The van der Waals surface area contributed by atoms with E-state index in [1.54, 1.807) is 11.1 Å². The summed E-state index contributed by atoms with van der Waals surface area (Å²) >= 11 is 0. The fourth-order valence-corrected chi connectivity index (χ4v) is 1.80. The Bertz CT molecular complexity index is 353. The van der Waals surface area contributed by atoms with Gasteiger partial charge in [0.1, 0.15) is 0 Å². The van der Waals surface area contributed by atoms with Gasteiger partial charge in [-0.1, -0.05) is 13.0 Å². The van der Waals surface area contributed by atoms with E-state index >= 15 is 0 Å². The Balaban J connectivity index is 2.24. The van der Waals surface area contributed by atoms with Crippen LogP contribution in [0.15, 0.2) is 24.4 Å². The number of carbonyl (C=O) groups excluding carboxylic acids is 1. The molecule has 0 saturated heterocycles. The number of hydrogen-bond acceptors (Lipinski definition) is 3. The lowest BCUT2D eigenvalue weighted by atomic mass is 10.1. The van der Waals surface area contributed by atoms with E-state index in [1.165, 1.54) is 0 Å². The lowest BCUT2D eigenvalue weighted by molar-refractivity contribution is -0.130. The number of carbonyl (C=O) groups is 1. The molecule has 4 nitrogen and oxygen atoms in total. The molecule has 2 N–H and O–H groups in total. The highest BCUT2D eigenvalue weighted by molar-refractivity contribution is 5.75. The van der Waals surface area contributed by atoms with Gasteiger partial charge < -0.3 is 10.6 Å². The van der Waals surface area contributed by atoms with E-state index in [0.29, 0.717) is 18.9 Å². The minimum atomic E-state index is 0.186.